The predicted molar refractivity (Wildman–Crippen MR) is 52.9 cm³/mol. The van der Waals surface area contributed by atoms with Gasteiger partial charge in [-0.3, -0.25) is 14.7 Å². The number of aromatic nitrogens is 2. The number of aliphatic carboxylic acids is 1. The maximum absolute atomic E-state index is 11.4. The van der Waals surface area contributed by atoms with E-state index in [0.29, 0.717) is 0 Å². The number of carboxylic acid groups (broad SMARTS) is 1. The van der Waals surface area contributed by atoms with E-state index >= 15 is 0 Å². The first-order valence-corrected chi connectivity index (χ1v) is 4.48. The highest BCUT2D eigenvalue weighted by Gasteiger charge is 2.34. The van der Waals surface area contributed by atoms with Crippen LogP contribution in [0, 0.1) is 0 Å². The summed E-state index contributed by atoms with van der Waals surface area (Å²) in [6.07, 6.45) is 0.197. The molecule has 0 aliphatic heterocycles. The van der Waals surface area contributed by atoms with E-state index in [2.05, 4.69) is 5.10 Å². The van der Waals surface area contributed by atoms with Crippen LogP contribution in [0.2, 0.25) is 0 Å². The fourth-order valence-electron chi connectivity index (χ4n) is 1.20. The van der Waals surface area contributed by atoms with Gasteiger partial charge in [0.05, 0.1) is 0 Å². The molecule has 1 atom stereocenters. The van der Waals surface area contributed by atoms with Crippen molar-refractivity contribution in [2.24, 2.45) is 0 Å². The third-order valence-electron chi connectivity index (χ3n) is 2.46. The monoisotopic (exact) mass is 212 g/mol. The van der Waals surface area contributed by atoms with Crippen molar-refractivity contribution in [3.8, 4) is 0 Å². The zero-order chi connectivity index (χ0) is 11.6. The molecule has 0 radical (unpaired) electrons. The summed E-state index contributed by atoms with van der Waals surface area (Å²) in [7, 11) is 0. The van der Waals surface area contributed by atoms with Crippen LogP contribution in [0.1, 0.15) is 20.3 Å². The fraction of sp³-hybridized carbons (Fsp3) is 0.444. The van der Waals surface area contributed by atoms with Crippen molar-refractivity contribution >= 4 is 5.97 Å². The molecule has 0 amide bonds. The predicted octanol–water partition coefficient (Wildman–Crippen LogP) is -0.254. The van der Waals surface area contributed by atoms with Crippen LogP contribution in [0.5, 0.6) is 0 Å². The number of nitrogens with zero attached hydrogens (tertiary/aromatic N) is 1. The minimum Gasteiger partial charge on any atom is -0.479 e. The van der Waals surface area contributed by atoms with Crippen molar-refractivity contribution in [3.63, 3.8) is 0 Å². The SMILES string of the molecule is CCC(C)(C(=O)O)n1[nH]c(=O)ccc1=O. The van der Waals surface area contributed by atoms with Gasteiger partial charge in [0.2, 0.25) is 0 Å². The molecule has 15 heavy (non-hydrogen) atoms. The van der Waals surface area contributed by atoms with Crippen molar-refractivity contribution in [1.82, 2.24) is 9.78 Å². The second-order valence-corrected chi connectivity index (χ2v) is 3.42. The number of carbonyl (C=O) groups is 1. The third-order valence-corrected chi connectivity index (χ3v) is 2.46. The highest BCUT2D eigenvalue weighted by Crippen LogP contribution is 2.16. The van der Waals surface area contributed by atoms with Gasteiger partial charge in [0.25, 0.3) is 11.1 Å². The Morgan fingerprint density at radius 1 is 1.53 bits per heavy atom. The van der Waals surface area contributed by atoms with E-state index < -0.39 is 22.6 Å². The lowest BCUT2D eigenvalue weighted by atomic mass is 10.00. The van der Waals surface area contributed by atoms with Crippen LogP contribution >= 0.6 is 0 Å². The maximum Gasteiger partial charge on any atom is 0.331 e. The molecule has 1 unspecified atom stereocenters. The van der Waals surface area contributed by atoms with Gasteiger partial charge in [-0.05, 0) is 13.3 Å². The normalized spacial score (nSPS) is 14.5. The van der Waals surface area contributed by atoms with Crippen LogP contribution in [-0.4, -0.2) is 20.9 Å². The van der Waals surface area contributed by atoms with Gasteiger partial charge in [0.1, 0.15) is 0 Å². The number of carboxylic acids is 1. The Hall–Kier alpha value is -1.85. The molecule has 1 aromatic rings. The Morgan fingerprint density at radius 3 is 2.60 bits per heavy atom. The molecule has 1 heterocycles. The summed E-state index contributed by atoms with van der Waals surface area (Å²) in [5, 5.41) is 11.2. The molecule has 0 spiro atoms. The second kappa shape index (κ2) is 3.72. The average Bonchev–Trinajstić information content (AvgIpc) is 2.20. The van der Waals surface area contributed by atoms with Gasteiger partial charge in [-0.1, -0.05) is 6.92 Å². The molecule has 82 valence electrons. The number of hydrogen-bond donors (Lipinski definition) is 2. The van der Waals surface area contributed by atoms with Crippen molar-refractivity contribution in [2.75, 3.05) is 0 Å². The van der Waals surface area contributed by atoms with E-state index in [0.717, 1.165) is 16.8 Å². The molecule has 1 aromatic heterocycles. The van der Waals surface area contributed by atoms with E-state index in [1.54, 1.807) is 6.92 Å². The van der Waals surface area contributed by atoms with Gasteiger partial charge in [-0.25, -0.2) is 9.48 Å². The molecule has 0 bridgehead atoms. The van der Waals surface area contributed by atoms with Crippen LogP contribution < -0.4 is 11.1 Å². The standard InChI is InChI=1S/C9H12N2O4/c1-3-9(2,8(14)15)11-7(13)5-4-6(12)10-11/h4-5H,3H2,1-2H3,(H,10,12)(H,14,15). The number of rotatable bonds is 3. The van der Waals surface area contributed by atoms with Crippen LogP contribution in [0.25, 0.3) is 0 Å². The van der Waals surface area contributed by atoms with Gasteiger partial charge in [-0.2, -0.15) is 0 Å². The van der Waals surface area contributed by atoms with E-state index in [-0.39, 0.29) is 6.42 Å². The highest BCUT2D eigenvalue weighted by molar-refractivity contribution is 5.75. The van der Waals surface area contributed by atoms with Crippen molar-refractivity contribution in [3.05, 3.63) is 32.8 Å². The van der Waals surface area contributed by atoms with Crippen LogP contribution in [0.4, 0.5) is 0 Å². The smallest absolute Gasteiger partial charge is 0.331 e. The Labute approximate surface area is 85.2 Å². The third kappa shape index (κ3) is 1.83. The zero-order valence-electron chi connectivity index (χ0n) is 8.48. The lowest BCUT2D eigenvalue weighted by Crippen LogP contribution is -2.47. The molecule has 0 aliphatic rings. The molecular formula is C9H12N2O4. The van der Waals surface area contributed by atoms with Crippen molar-refractivity contribution in [1.29, 1.82) is 0 Å². The second-order valence-electron chi connectivity index (χ2n) is 3.42. The molecule has 6 nitrogen and oxygen atoms in total. The average molecular weight is 212 g/mol. The van der Waals surface area contributed by atoms with Gasteiger partial charge in [0.15, 0.2) is 5.54 Å². The van der Waals surface area contributed by atoms with Crippen molar-refractivity contribution in [2.45, 2.75) is 25.8 Å². The summed E-state index contributed by atoms with van der Waals surface area (Å²) in [6, 6.07) is 2.12. The van der Waals surface area contributed by atoms with Gasteiger partial charge < -0.3 is 5.11 Å². The van der Waals surface area contributed by atoms with Crippen LogP contribution in [-0.2, 0) is 10.3 Å². The minimum atomic E-state index is -1.42. The number of H-pyrrole nitrogens is 1. The summed E-state index contributed by atoms with van der Waals surface area (Å²) in [6.45, 7) is 3.01. The molecule has 0 fully saturated rings. The summed E-state index contributed by atoms with van der Waals surface area (Å²) in [5.41, 5.74) is -2.46. The van der Waals surface area contributed by atoms with Crippen molar-refractivity contribution < 1.29 is 9.90 Å². The number of hydrogen-bond acceptors (Lipinski definition) is 3. The van der Waals surface area contributed by atoms with Crippen LogP contribution in [0.15, 0.2) is 21.7 Å². The molecule has 0 aliphatic carbocycles. The number of aromatic amines is 1. The lowest BCUT2D eigenvalue weighted by Gasteiger charge is -2.24. The fourth-order valence-corrected chi connectivity index (χ4v) is 1.20. The lowest BCUT2D eigenvalue weighted by molar-refractivity contribution is -0.147. The minimum absolute atomic E-state index is 0.197. The molecular weight excluding hydrogens is 200 g/mol. The Kier molecular flexibility index (Phi) is 2.78. The first-order chi connectivity index (χ1) is 6.91. The van der Waals surface area contributed by atoms with Gasteiger partial charge in [0, 0.05) is 12.1 Å². The highest BCUT2D eigenvalue weighted by atomic mass is 16.4. The molecule has 1 rings (SSSR count). The quantitative estimate of drug-likeness (QED) is 0.722. The molecule has 0 saturated carbocycles. The summed E-state index contributed by atoms with van der Waals surface area (Å²) < 4.78 is 0.845. The number of nitrogens with one attached hydrogen (secondary N) is 1. The molecule has 0 saturated heterocycles. The maximum atomic E-state index is 11.4. The van der Waals surface area contributed by atoms with E-state index in [1.807, 2.05) is 0 Å². The largest absolute Gasteiger partial charge is 0.479 e. The van der Waals surface area contributed by atoms with Gasteiger partial charge >= 0.3 is 5.97 Å². The Morgan fingerprint density at radius 2 is 2.13 bits per heavy atom. The summed E-state index contributed by atoms with van der Waals surface area (Å²) in [4.78, 5) is 33.5. The van der Waals surface area contributed by atoms with Crippen LogP contribution in [0.3, 0.4) is 0 Å². The molecule has 0 aromatic carbocycles. The molecule has 2 N–H and O–H groups in total. The summed E-state index contributed by atoms with van der Waals surface area (Å²) >= 11 is 0. The Bertz CT molecular complexity index is 487. The first kappa shape index (κ1) is 11.2. The zero-order valence-corrected chi connectivity index (χ0v) is 8.48. The first-order valence-electron chi connectivity index (χ1n) is 4.48. The van der Waals surface area contributed by atoms with E-state index in [9.17, 15) is 14.4 Å². The van der Waals surface area contributed by atoms with E-state index in [4.69, 9.17) is 5.11 Å². The topological polar surface area (TPSA) is 92.2 Å². The van der Waals surface area contributed by atoms with Gasteiger partial charge in [-0.15, -0.1) is 0 Å². The summed E-state index contributed by atoms with van der Waals surface area (Å²) in [5.74, 6) is -1.16. The Balaban J connectivity index is 3.49. The molecule has 6 heteroatoms. The van der Waals surface area contributed by atoms with E-state index in [1.165, 1.54) is 6.92 Å².